The molecular formula is C24H23N3O2S. The fourth-order valence-corrected chi connectivity index (χ4v) is 4.45. The Hall–Kier alpha value is -3.25. The Morgan fingerprint density at radius 3 is 2.60 bits per heavy atom. The van der Waals surface area contributed by atoms with Crippen molar-refractivity contribution in [2.45, 2.75) is 33.2 Å². The fourth-order valence-electron chi connectivity index (χ4n) is 3.54. The number of anilines is 1. The summed E-state index contributed by atoms with van der Waals surface area (Å²) in [7, 11) is 0. The number of carbonyl (C=O) groups excluding carboxylic acids is 1. The molecule has 152 valence electrons. The number of benzene rings is 2. The van der Waals surface area contributed by atoms with Gasteiger partial charge in [-0.15, -0.1) is 11.3 Å². The number of para-hydroxylation sites is 1. The highest BCUT2D eigenvalue weighted by atomic mass is 32.1. The van der Waals surface area contributed by atoms with E-state index in [9.17, 15) is 9.59 Å². The summed E-state index contributed by atoms with van der Waals surface area (Å²) in [4.78, 5) is 31.5. The molecule has 1 atom stereocenters. The highest BCUT2D eigenvalue weighted by molar-refractivity contribution is 7.17. The third kappa shape index (κ3) is 3.66. The van der Waals surface area contributed by atoms with E-state index in [2.05, 4.69) is 36.3 Å². The summed E-state index contributed by atoms with van der Waals surface area (Å²) in [5, 5.41) is 5.43. The summed E-state index contributed by atoms with van der Waals surface area (Å²) in [6, 6.07) is 14.8. The number of hydrogen-bond acceptors (Lipinski definition) is 4. The molecule has 6 heteroatoms. The Balaban J connectivity index is 1.77. The van der Waals surface area contributed by atoms with Crippen LogP contribution in [0.5, 0.6) is 0 Å². The largest absolute Gasteiger partial charge is 0.324 e. The molecule has 0 radical (unpaired) electrons. The summed E-state index contributed by atoms with van der Waals surface area (Å²) in [5.41, 5.74) is 4.74. The minimum absolute atomic E-state index is 0.190. The van der Waals surface area contributed by atoms with Gasteiger partial charge in [-0.3, -0.25) is 14.2 Å². The SMILES string of the molecule is CCC(C(=O)Nc1ccccc1)n1cnc2scc(-c3ccc(C)c(C)c3)c2c1=O. The molecule has 0 aliphatic heterocycles. The monoisotopic (exact) mass is 417 g/mol. The van der Waals surface area contributed by atoms with Crippen LogP contribution in [0.2, 0.25) is 0 Å². The second-order valence-electron chi connectivity index (χ2n) is 7.36. The van der Waals surface area contributed by atoms with Gasteiger partial charge >= 0.3 is 0 Å². The van der Waals surface area contributed by atoms with Crippen LogP contribution in [0.15, 0.2) is 65.0 Å². The average molecular weight is 418 g/mol. The number of thiophene rings is 1. The third-order valence-electron chi connectivity index (χ3n) is 5.40. The summed E-state index contributed by atoms with van der Waals surface area (Å²) >= 11 is 1.45. The lowest BCUT2D eigenvalue weighted by Crippen LogP contribution is -2.33. The molecule has 4 aromatic rings. The van der Waals surface area contributed by atoms with Gasteiger partial charge in [0.15, 0.2) is 0 Å². The molecule has 2 heterocycles. The molecule has 0 aliphatic carbocycles. The molecule has 1 unspecified atom stereocenters. The highest BCUT2D eigenvalue weighted by Gasteiger charge is 2.23. The molecule has 0 fully saturated rings. The first-order valence-electron chi connectivity index (χ1n) is 9.91. The minimum Gasteiger partial charge on any atom is -0.324 e. The standard InChI is InChI=1S/C24H23N3O2S/c1-4-20(22(28)26-18-8-6-5-7-9-18)27-14-25-23-21(24(27)29)19(13-30-23)17-11-10-15(2)16(3)12-17/h5-14,20H,4H2,1-3H3,(H,26,28). The van der Waals surface area contributed by atoms with Crippen LogP contribution in [0, 0.1) is 13.8 Å². The number of aryl methyl sites for hydroxylation is 2. The summed E-state index contributed by atoms with van der Waals surface area (Å²) in [6.07, 6.45) is 1.97. The Kier molecular flexibility index (Phi) is 5.50. The molecule has 0 bridgehead atoms. The van der Waals surface area contributed by atoms with Gasteiger partial charge in [0.1, 0.15) is 10.9 Å². The molecule has 0 aliphatic rings. The zero-order valence-corrected chi connectivity index (χ0v) is 18.0. The molecule has 1 N–H and O–H groups in total. The summed E-state index contributed by atoms with van der Waals surface area (Å²) in [6.45, 7) is 6.02. The van der Waals surface area contributed by atoms with E-state index in [0.717, 1.165) is 11.1 Å². The molecule has 0 saturated heterocycles. The van der Waals surface area contributed by atoms with Crippen LogP contribution in [-0.2, 0) is 4.79 Å². The maximum atomic E-state index is 13.4. The van der Waals surface area contributed by atoms with E-state index in [1.165, 1.54) is 33.4 Å². The number of rotatable bonds is 5. The maximum Gasteiger partial charge on any atom is 0.263 e. The van der Waals surface area contributed by atoms with Crippen LogP contribution in [0.1, 0.15) is 30.5 Å². The van der Waals surface area contributed by atoms with Crippen LogP contribution >= 0.6 is 11.3 Å². The van der Waals surface area contributed by atoms with E-state index in [0.29, 0.717) is 22.3 Å². The van der Waals surface area contributed by atoms with Crippen molar-refractivity contribution in [2.24, 2.45) is 0 Å². The van der Waals surface area contributed by atoms with Gasteiger partial charge in [0.25, 0.3) is 5.56 Å². The van der Waals surface area contributed by atoms with Crippen LogP contribution < -0.4 is 10.9 Å². The van der Waals surface area contributed by atoms with E-state index < -0.39 is 6.04 Å². The molecule has 2 aromatic carbocycles. The number of carbonyl (C=O) groups is 1. The molecule has 0 saturated carbocycles. The summed E-state index contributed by atoms with van der Waals surface area (Å²) < 4.78 is 1.46. The highest BCUT2D eigenvalue weighted by Crippen LogP contribution is 2.32. The number of aromatic nitrogens is 2. The van der Waals surface area contributed by atoms with Crippen molar-refractivity contribution in [3.63, 3.8) is 0 Å². The van der Waals surface area contributed by atoms with E-state index >= 15 is 0 Å². The van der Waals surface area contributed by atoms with E-state index in [1.807, 2.05) is 48.7 Å². The first kappa shape index (κ1) is 20.0. The topological polar surface area (TPSA) is 64.0 Å². The lowest BCUT2D eigenvalue weighted by Gasteiger charge is -2.18. The number of fused-ring (bicyclic) bond motifs is 1. The van der Waals surface area contributed by atoms with Crippen LogP contribution in [0.4, 0.5) is 5.69 Å². The molecule has 5 nitrogen and oxygen atoms in total. The second kappa shape index (κ2) is 8.24. The molecule has 0 spiro atoms. The van der Waals surface area contributed by atoms with Gasteiger partial charge in [0.05, 0.1) is 11.7 Å². The zero-order chi connectivity index (χ0) is 21.3. The third-order valence-corrected chi connectivity index (χ3v) is 6.29. The van der Waals surface area contributed by atoms with E-state index in [1.54, 1.807) is 0 Å². The van der Waals surface area contributed by atoms with Gasteiger partial charge in [-0.05, 0) is 49.1 Å². The Morgan fingerprint density at radius 1 is 1.13 bits per heavy atom. The number of hydrogen-bond donors (Lipinski definition) is 1. The summed E-state index contributed by atoms with van der Waals surface area (Å²) in [5.74, 6) is -0.227. The zero-order valence-electron chi connectivity index (χ0n) is 17.2. The van der Waals surface area contributed by atoms with E-state index in [-0.39, 0.29) is 11.5 Å². The van der Waals surface area contributed by atoms with Crippen LogP contribution in [0.25, 0.3) is 21.3 Å². The predicted octanol–water partition coefficient (Wildman–Crippen LogP) is 5.33. The molecule has 30 heavy (non-hydrogen) atoms. The van der Waals surface area contributed by atoms with Gasteiger partial charge in [0.2, 0.25) is 5.91 Å². The quantitative estimate of drug-likeness (QED) is 0.477. The maximum absolute atomic E-state index is 13.4. The lowest BCUT2D eigenvalue weighted by atomic mass is 10.0. The van der Waals surface area contributed by atoms with Crippen LogP contribution in [0.3, 0.4) is 0 Å². The van der Waals surface area contributed by atoms with E-state index in [4.69, 9.17) is 0 Å². The Morgan fingerprint density at radius 2 is 1.90 bits per heavy atom. The second-order valence-corrected chi connectivity index (χ2v) is 8.22. The number of nitrogens with one attached hydrogen (secondary N) is 1. The van der Waals surface area contributed by atoms with Crippen molar-refractivity contribution >= 4 is 33.1 Å². The molecule has 2 aromatic heterocycles. The average Bonchev–Trinajstić information content (AvgIpc) is 3.18. The predicted molar refractivity (Wildman–Crippen MR) is 123 cm³/mol. The van der Waals surface area contributed by atoms with Gasteiger partial charge in [-0.2, -0.15) is 0 Å². The van der Waals surface area contributed by atoms with Crippen molar-refractivity contribution in [2.75, 3.05) is 5.32 Å². The van der Waals surface area contributed by atoms with Gasteiger partial charge in [-0.1, -0.05) is 43.3 Å². The minimum atomic E-state index is -0.637. The Bertz CT molecular complexity index is 1270. The van der Waals surface area contributed by atoms with Crippen molar-refractivity contribution in [3.05, 3.63) is 81.7 Å². The van der Waals surface area contributed by atoms with Crippen molar-refractivity contribution in [1.29, 1.82) is 0 Å². The normalized spacial score (nSPS) is 12.1. The number of amides is 1. The molecule has 1 amide bonds. The van der Waals surface area contributed by atoms with Gasteiger partial charge < -0.3 is 5.32 Å². The smallest absolute Gasteiger partial charge is 0.263 e. The van der Waals surface area contributed by atoms with Gasteiger partial charge in [0, 0.05) is 16.6 Å². The molecular weight excluding hydrogens is 394 g/mol. The van der Waals surface area contributed by atoms with Crippen LogP contribution in [-0.4, -0.2) is 15.5 Å². The van der Waals surface area contributed by atoms with Gasteiger partial charge in [-0.25, -0.2) is 4.98 Å². The Labute approximate surface area is 179 Å². The van der Waals surface area contributed by atoms with Crippen molar-refractivity contribution in [1.82, 2.24) is 9.55 Å². The first-order valence-corrected chi connectivity index (χ1v) is 10.8. The fraction of sp³-hybridized carbons (Fsp3) is 0.208. The van der Waals surface area contributed by atoms with Crippen molar-refractivity contribution < 1.29 is 4.79 Å². The van der Waals surface area contributed by atoms with Crippen molar-refractivity contribution in [3.8, 4) is 11.1 Å². The number of nitrogens with zero attached hydrogens (tertiary/aromatic N) is 2. The first-order chi connectivity index (χ1) is 14.5. The molecule has 4 rings (SSSR count). The lowest BCUT2D eigenvalue weighted by molar-refractivity contribution is -0.119.